The molecular weight excluding hydrogens is 216 g/mol. The molecule has 1 saturated heterocycles. The number of unbranched alkanes of at least 4 members (excludes halogenated alkanes) is 4. The number of nitrogens with one attached hydrogen (secondary N) is 2. The van der Waals surface area contributed by atoms with Gasteiger partial charge in [-0.15, -0.1) is 0 Å². The Balaban J connectivity index is 2.09. The minimum Gasteiger partial charge on any atom is -0.354 e. The molecule has 0 unspecified atom stereocenters. The monoisotopic (exact) mass is 240 g/mol. The normalized spacial score (nSPS) is 19.8. The zero-order chi connectivity index (χ0) is 12.5. The van der Waals surface area contributed by atoms with Crippen molar-refractivity contribution >= 4 is 11.8 Å². The molecule has 0 spiro atoms. The average Bonchev–Trinajstić information content (AvgIpc) is 2.32. The molecule has 1 aliphatic rings. The number of amides is 2. The lowest BCUT2D eigenvalue weighted by atomic mass is 10.1. The van der Waals surface area contributed by atoms with Crippen molar-refractivity contribution in [3.05, 3.63) is 0 Å². The second-order valence-corrected chi connectivity index (χ2v) is 4.72. The van der Waals surface area contributed by atoms with Gasteiger partial charge in [0.15, 0.2) is 0 Å². The fraction of sp³-hybridized carbons (Fsp3) is 0.846. The van der Waals surface area contributed by atoms with Crippen LogP contribution in [-0.4, -0.2) is 24.4 Å². The lowest BCUT2D eigenvalue weighted by Crippen LogP contribution is -2.50. The van der Waals surface area contributed by atoms with Gasteiger partial charge in [0.2, 0.25) is 11.8 Å². The Hall–Kier alpha value is -1.06. The van der Waals surface area contributed by atoms with Gasteiger partial charge in [0, 0.05) is 13.0 Å². The van der Waals surface area contributed by atoms with Crippen LogP contribution in [0.25, 0.3) is 0 Å². The van der Waals surface area contributed by atoms with Gasteiger partial charge in [-0.25, -0.2) is 0 Å². The van der Waals surface area contributed by atoms with Crippen LogP contribution in [0, 0.1) is 0 Å². The van der Waals surface area contributed by atoms with Crippen LogP contribution in [-0.2, 0) is 9.59 Å². The molecule has 1 heterocycles. The first-order valence-electron chi connectivity index (χ1n) is 6.81. The van der Waals surface area contributed by atoms with E-state index >= 15 is 0 Å². The first kappa shape index (κ1) is 14.0. The minimum absolute atomic E-state index is 0.0172. The lowest BCUT2D eigenvalue weighted by molar-refractivity contribution is -0.130. The Labute approximate surface area is 104 Å². The van der Waals surface area contributed by atoms with Crippen LogP contribution in [0.4, 0.5) is 0 Å². The van der Waals surface area contributed by atoms with Crippen molar-refractivity contribution in [2.24, 2.45) is 0 Å². The highest BCUT2D eigenvalue weighted by Crippen LogP contribution is 2.07. The highest BCUT2D eigenvalue weighted by Gasteiger charge is 2.22. The van der Waals surface area contributed by atoms with Gasteiger partial charge in [-0.1, -0.05) is 32.6 Å². The number of carbonyl (C=O) groups excluding carboxylic acids is 2. The highest BCUT2D eigenvalue weighted by atomic mass is 16.2. The molecule has 0 aromatic carbocycles. The zero-order valence-electron chi connectivity index (χ0n) is 10.8. The SMILES string of the molecule is CCCCCCCC(=O)N[C@@H]1CCCNC1=O. The molecule has 1 aliphatic heterocycles. The van der Waals surface area contributed by atoms with Crippen LogP contribution in [0.5, 0.6) is 0 Å². The van der Waals surface area contributed by atoms with Crippen molar-refractivity contribution in [3.63, 3.8) is 0 Å². The van der Waals surface area contributed by atoms with Crippen LogP contribution < -0.4 is 10.6 Å². The predicted octanol–water partition coefficient (Wildman–Crippen LogP) is 1.74. The summed E-state index contributed by atoms with van der Waals surface area (Å²) in [7, 11) is 0. The molecule has 17 heavy (non-hydrogen) atoms. The number of piperidine rings is 1. The number of carbonyl (C=O) groups is 2. The molecule has 2 N–H and O–H groups in total. The van der Waals surface area contributed by atoms with Gasteiger partial charge in [-0.05, 0) is 19.3 Å². The minimum atomic E-state index is -0.299. The van der Waals surface area contributed by atoms with Gasteiger partial charge >= 0.3 is 0 Å². The van der Waals surface area contributed by atoms with E-state index < -0.39 is 0 Å². The van der Waals surface area contributed by atoms with Gasteiger partial charge in [-0.2, -0.15) is 0 Å². The van der Waals surface area contributed by atoms with E-state index in [9.17, 15) is 9.59 Å². The summed E-state index contributed by atoms with van der Waals surface area (Å²) in [5.74, 6) is -0.0147. The third-order valence-corrected chi connectivity index (χ3v) is 3.13. The number of rotatable bonds is 7. The largest absolute Gasteiger partial charge is 0.354 e. The summed E-state index contributed by atoms with van der Waals surface area (Å²) in [6, 6.07) is -0.299. The smallest absolute Gasteiger partial charge is 0.242 e. The molecule has 1 rings (SSSR count). The Bertz CT molecular complexity index is 254. The maximum Gasteiger partial charge on any atom is 0.242 e. The standard InChI is InChI=1S/C13H24N2O2/c1-2-3-4-5-6-9-12(16)15-11-8-7-10-14-13(11)17/h11H,2-10H2,1H3,(H,14,17)(H,15,16)/t11-/m1/s1. The van der Waals surface area contributed by atoms with Crippen LogP contribution >= 0.6 is 0 Å². The third-order valence-electron chi connectivity index (χ3n) is 3.13. The van der Waals surface area contributed by atoms with E-state index in [1.807, 2.05) is 0 Å². The molecule has 1 fully saturated rings. The molecule has 0 bridgehead atoms. The van der Waals surface area contributed by atoms with Crippen molar-refractivity contribution in [1.29, 1.82) is 0 Å². The Kier molecular flexibility index (Phi) is 6.67. The van der Waals surface area contributed by atoms with Gasteiger partial charge in [0.1, 0.15) is 6.04 Å². The molecule has 1 atom stereocenters. The van der Waals surface area contributed by atoms with E-state index in [0.29, 0.717) is 6.42 Å². The average molecular weight is 240 g/mol. The number of hydrogen-bond acceptors (Lipinski definition) is 2. The van der Waals surface area contributed by atoms with Gasteiger partial charge in [-0.3, -0.25) is 9.59 Å². The van der Waals surface area contributed by atoms with E-state index in [1.165, 1.54) is 19.3 Å². The van der Waals surface area contributed by atoms with E-state index in [1.54, 1.807) is 0 Å². The second-order valence-electron chi connectivity index (χ2n) is 4.72. The molecule has 0 aromatic heterocycles. The maximum absolute atomic E-state index is 11.6. The fourth-order valence-electron chi connectivity index (χ4n) is 2.07. The molecule has 98 valence electrons. The van der Waals surface area contributed by atoms with E-state index in [-0.39, 0.29) is 17.9 Å². The van der Waals surface area contributed by atoms with Gasteiger partial charge in [0.05, 0.1) is 0 Å². The number of hydrogen-bond donors (Lipinski definition) is 2. The summed E-state index contributed by atoms with van der Waals surface area (Å²) in [5, 5.41) is 5.58. The van der Waals surface area contributed by atoms with Crippen molar-refractivity contribution < 1.29 is 9.59 Å². The predicted molar refractivity (Wildman–Crippen MR) is 67.6 cm³/mol. The molecule has 0 aliphatic carbocycles. The van der Waals surface area contributed by atoms with Gasteiger partial charge in [0.25, 0.3) is 0 Å². The zero-order valence-corrected chi connectivity index (χ0v) is 10.8. The Morgan fingerprint density at radius 2 is 2.12 bits per heavy atom. The lowest BCUT2D eigenvalue weighted by Gasteiger charge is -2.22. The van der Waals surface area contributed by atoms with Crippen molar-refractivity contribution in [2.45, 2.75) is 64.3 Å². The van der Waals surface area contributed by atoms with Crippen molar-refractivity contribution in [3.8, 4) is 0 Å². The molecular formula is C13H24N2O2. The molecule has 0 radical (unpaired) electrons. The summed E-state index contributed by atoms with van der Waals surface area (Å²) in [6.07, 6.45) is 7.97. The second kappa shape index (κ2) is 8.09. The summed E-state index contributed by atoms with van der Waals surface area (Å²) in [5.41, 5.74) is 0. The maximum atomic E-state index is 11.6. The third kappa shape index (κ3) is 5.71. The first-order valence-corrected chi connectivity index (χ1v) is 6.81. The van der Waals surface area contributed by atoms with E-state index in [2.05, 4.69) is 17.6 Å². The fourth-order valence-corrected chi connectivity index (χ4v) is 2.07. The molecule has 2 amide bonds. The van der Waals surface area contributed by atoms with Crippen molar-refractivity contribution in [2.75, 3.05) is 6.54 Å². The van der Waals surface area contributed by atoms with E-state index in [0.717, 1.165) is 32.2 Å². The summed E-state index contributed by atoms with van der Waals surface area (Å²) < 4.78 is 0. The van der Waals surface area contributed by atoms with Crippen LogP contribution in [0.1, 0.15) is 58.3 Å². The molecule has 4 nitrogen and oxygen atoms in total. The Morgan fingerprint density at radius 1 is 1.35 bits per heavy atom. The van der Waals surface area contributed by atoms with Gasteiger partial charge < -0.3 is 10.6 Å². The first-order chi connectivity index (χ1) is 8.24. The molecule has 4 heteroatoms. The van der Waals surface area contributed by atoms with Crippen LogP contribution in [0.2, 0.25) is 0 Å². The summed E-state index contributed by atoms with van der Waals surface area (Å²) in [4.78, 5) is 23.0. The molecule has 0 aromatic rings. The van der Waals surface area contributed by atoms with E-state index in [4.69, 9.17) is 0 Å². The Morgan fingerprint density at radius 3 is 2.82 bits per heavy atom. The van der Waals surface area contributed by atoms with Crippen LogP contribution in [0.15, 0.2) is 0 Å². The summed E-state index contributed by atoms with van der Waals surface area (Å²) in [6.45, 7) is 2.91. The molecule has 0 saturated carbocycles. The van der Waals surface area contributed by atoms with Crippen molar-refractivity contribution in [1.82, 2.24) is 10.6 Å². The summed E-state index contributed by atoms with van der Waals surface area (Å²) >= 11 is 0. The topological polar surface area (TPSA) is 58.2 Å². The quantitative estimate of drug-likeness (QED) is 0.666. The highest BCUT2D eigenvalue weighted by molar-refractivity contribution is 5.87. The van der Waals surface area contributed by atoms with Crippen LogP contribution in [0.3, 0.4) is 0 Å².